The maximum Gasteiger partial charge on any atom is 0.192 e. The van der Waals surface area contributed by atoms with E-state index in [-0.39, 0.29) is 24.7 Å². The van der Waals surface area contributed by atoms with Gasteiger partial charge in [-0.25, -0.2) is 4.98 Å². The van der Waals surface area contributed by atoms with Gasteiger partial charge in [0.05, 0.1) is 29.8 Å². The number of nitriles is 1. The molecule has 0 aliphatic rings. The molecule has 3 heterocycles. The molecule has 0 bridgehead atoms. The lowest BCUT2D eigenvalue weighted by Crippen LogP contribution is -2.13. The van der Waals surface area contributed by atoms with E-state index >= 15 is 0 Å². The molecule has 1 atom stereocenters. The van der Waals surface area contributed by atoms with Crippen molar-refractivity contribution in [2.75, 3.05) is 7.11 Å². The van der Waals surface area contributed by atoms with Crippen LogP contribution in [-0.4, -0.2) is 37.9 Å². The number of carbonyl (C=O) groups excluding carboxylic acids is 1. The number of methoxy groups -OCH3 is 1. The largest absolute Gasteiger partial charge is 0.377 e. The first-order valence-corrected chi connectivity index (χ1v) is 9.68. The van der Waals surface area contributed by atoms with E-state index in [0.29, 0.717) is 16.9 Å². The van der Waals surface area contributed by atoms with Gasteiger partial charge < -0.3 is 4.74 Å². The molecule has 0 spiro atoms. The highest BCUT2D eigenvalue weighted by molar-refractivity contribution is 9.10. The summed E-state index contributed by atoms with van der Waals surface area (Å²) in [5.74, 6) is 0.319. The smallest absolute Gasteiger partial charge is 0.192 e. The van der Waals surface area contributed by atoms with Gasteiger partial charge in [0.15, 0.2) is 5.82 Å². The van der Waals surface area contributed by atoms with Crippen molar-refractivity contribution >= 4 is 21.7 Å². The molecule has 148 valence electrons. The average Bonchev–Trinajstić information content (AvgIpc) is 3.25. The van der Waals surface area contributed by atoms with Gasteiger partial charge in [0, 0.05) is 42.4 Å². The normalized spacial score (nSPS) is 11.8. The second-order valence-corrected chi connectivity index (χ2v) is 7.30. The first-order valence-electron chi connectivity index (χ1n) is 8.88. The molecule has 0 N–H and O–H groups in total. The van der Waals surface area contributed by atoms with E-state index in [1.807, 2.05) is 13.8 Å². The summed E-state index contributed by atoms with van der Waals surface area (Å²) >= 11 is 3.56. The number of aryl methyl sites for hydroxylation is 1. The fraction of sp³-hybridized carbons (Fsp3) is 0.300. The minimum atomic E-state index is -0.179. The van der Waals surface area contributed by atoms with Gasteiger partial charge in [-0.1, -0.05) is 0 Å². The lowest BCUT2D eigenvalue weighted by atomic mass is 9.97. The van der Waals surface area contributed by atoms with Gasteiger partial charge in [-0.2, -0.15) is 15.5 Å². The molecule has 0 radical (unpaired) electrons. The third-order valence-electron chi connectivity index (χ3n) is 4.52. The molecule has 0 saturated heterocycles. The third-order valence-corrected chi connectivity index (χ3v) is 5.52. The molecule has 0 saturated carbocycles. The van der Waals surface area contributed by atoms with E-state index in [4.69, 9.17) is 4.74 Å². The molecule has 0 aromatic carbocycles. The molecule has 29 heavy (non-hydrogen) atoms. The average molecular weight is 455 g/mol. The summed E-state index contributed by atoms with van der Waals surface area (Å²) in [6.45, 7) is 3.82. The van der Waals surface area contributed by atoms with Crippen LogP contribution in [0.2, 0.25) is 0 Å². The van der Waals surface area contributed by atoms with Gasteiger partial charge in [0.25, 0.3) is 0 Å². The van der Waals surface area contributed by atoms with Crippen LogP contribution >= 0.6 is 15.9 Å². The molecule has 3 rings (SSSR count). The second-order valence-electron chi connectivity index (χ2n) is 6.51. The molecule has 9 heteroatoms. The van der Waals surface area contributed by atoms with Crippen molar-refractivity contribution in [3.63, 3.8) is 0 Å². The van der Waals surface area contributed by atoms with Crippen molar-refractivity contribution < 1.29 is 9.53 Å². The summed E-state index contributed by atoms with van der Waals surface area (Å²) in [4.78, 5) is 22.6. The number of hydrogen-bond donors (Lipinski definition) is 0. The summed E-state index contributed by atoms with van der Waals surface area (Å²) < 4.78 is 6.31. The number of ketones is 1. The van der Waals surface area contributed by atoms with Gasteiger partial charge in [0.1, 0.15) is 11.9 Å². The monoisotopic (exact) mass is 454 g/mol. The van der Waals surface area contributed by atoms with Crippen LogP contribution in [0.4, 0.5) is 0 Å². The number of pyridine rings is 2. The Morgan fingerprint density at radius 1 is 1.28 bits per heavy atom. The minimum Gasteiger partial charge on any atom is -0.377 e. The van der Waals surface area contributed by atoms with E-state index in [9.17, 15) is 10.1 Å². The topological polar surface area (TPSA) is 107 Å². The van der Waals surface area contributed by atoms with E-state index in [1.165, 1.54) is 17.2 Å². The molecule has 0 fully saturated rings. The maximum atomic E-state index is 12.7. The number of aromatic nitrogens is 5. The van der Waals surface area contributed by atoms with Gasteiger partial charge in [-0.05, 0) is 47.0 Å². The quantitative estimate of drug-likeness (QED) is 0.539. The summed E-state index contributed by atoms with van der Waals surface area (Å²) in [5.41, 5.74) is 3.53. The predicted octanol–water partition coefficient (Wildman–Crippen LogP) is 3.06. The van der Waals surface area contributed by atoms with Crippen molar-refractivity contribution in [3.8, 4) is 11.9 Å². The summed E-state index contributed by atoms with van der Waals surface area (Å²) in [5, 5.41) is 17.4. The van der Waals surface area contributed by atoms with Crippen LogP contribution in [0.1, 0.15) is 41.0 Å². The first kappa shape index (κ1) is 20.8. The van der Waals surface area contributed by atoms with E-state index < -0.39 is 0 Å². The summed E-state index contributed by atoms with van der Waals surface area (Å²) in [6, 6.07) is 3.73. The predicted molar refractivity (Wildman–Crippen MR) is 108 cm³/mol. The lowest BCUT2D eigenvalue weighted by Gasteiger charge is -2.18. The van der Waals surface area contributed by atoms with Crippen LogP contribution < -0.4 is 0 Å². The third kappa shape index (κ3) is 4.55. The van der Waals surface area contributed by atoms with E-state index in [1.54, 1.807) is 25.6 Å². The number of halogens is 1. The maximum absolute atomic E-state index is 12.7. The van der Waals surface area contributed by atoms with Crippen LogP contribution in [0, 0.1) is 18.3 Å². The van der Waals surface area contributed by atoms with Crippen molar-refractivity contribution in [3.05, 3.63) is 63.3 Å². The van der Waals surface area contributed by atoms with Crippen molar-refractivity contribution in [2.45, 2.75) is 32.8 Å². The van der Waals surface area contributed by atoms with Crippen molar-refractivity contribution in [2.24, 2.45) is 0 Å². The standard InChI is InChI=1S/C20H19BrN6O2/c1-12-19(21)18(13(2)29-3)16(11-23-12)8-17(28)7-14-6-15(9-22)20(24-10-14)27-25-4-5-26-27/h4-6,10-11,13H,7-8H2,1-3H3/t13-/m1/s1. The Hall–Kier alpha value is -2.96. The van der Waals surface area contributed by atoms with Gasteiger partial charge in [-0.3, -0.25) is 9.78 Å². The summed E-state index contributed by atoms with van der Waals surface area (Å²) in [7, 11) is 1.63. The first-order chi connectivity index (χ1) is 13.9. The van der Waals surface area contributed by atoms with Gasteiger partial charge >= 0.3 is 0 Å². The van der Waals surface area contributed by atoms with Gasteiger partial charge in [-0.15, -0.1) is 4.80 Å². The zero-order chi connectivity index (χ0) is 21.0. The zero-order valence-corrected chi connectivity index (χ0v) is 17.8. The Morgan fingerprint density at radius 2 is 2.00 bits per heavy atom. The Morgan fingerprint density at radius 3 is 2.66 bits per heavy atom. The Balaban J connectivity index is 1.82. The number of rotatable bonds is 7. The number of Topliss-reactive ketones (excluding diaryl/α,β-unsaturated/α-hetero) is 1. The van der Waals surface area contributed by atoms with Crippen LogP contribution in [0.5, 0.6) is 0 Å². The molecule has 3 aromatic rings. The van der Waals surface area contributed by atoms with Crippen LogP contribution in [0.3, 0.4) is 0 Å². The molecule has 0 aliphatic carbocycles. The molecule has 0 amide bonds. The van der Waals surface area contributed by atoms with Crippen molar-refractivity contribution in [1.29, 1.82) is 5.26 Å². The van der Waals surface area contributed by atoms with Gasteiger partial charge in [0.2, 0.25) is 0 Å². The highest BCUT2D eigenvalue weighted by atomic mass is 79.9. The van der Waals surface area contributed by atoms with E-state index in [0.717, 1.165) is 21.3 Å². The summed E-state index contributed by atoms with van der Waals surface area (Å²) in [6.07, 6.45) is 6.48. The van der Waals surface area contributed by atoms with Crippen LogP contribution in [0.25, 0.3) is 5.82 Å². The number of nitrogens with zero attached hydrogens (tertiary/aromatic N) is 6. The molecule has 0 aliphatic heterocycles. The zero-order valence-electron chi connectivity index (χ0n) is 16.3. The lowest BCUT2D eigenvalue weighted by molar-refractivity contribution is -0.117. The Bertz CT molecular complexity index is 1080. The molecular weight excluding hydrogens is 436 g/mol. The SMILES string of the molecule is CO[C@H](C)c1c(CC(=O)Cc2cnc(-n3nccn3)c(C#N)c2)cnc(C)c1Br. The Labute approximate surface area is 176 Å². The highest BCUT2D eigenvalue weighted by Gasteiger charge is 2.19. The number of ether oxygens (including phenoxy) is 1. The fourth-order valence-corrected chi connectivity index (χ4v) is 3.68. The van der Waals surface area contributed by atoms with E-state index in [2.05, 4.69) is 42.2 Å². The number of hydrogen-bond acceptors (Lipinski definition) is 7. The second kappa shape index (κ2) is 9.03. The molecular formula is C20H19BrN6O2. The fourth-order valence-electron chi connectivity index (χ4n) is 3.00. The minimum absolute atomic E-state index is 0.0113. The molecule has 0 unspecified atom stereocenters. The van der Waals surface area contributed by atoms with Crippen LogP contribution in [-0.2, 0) is 22.4 Å². The number of carbonyl (C=O) groups is 1. The highest BCUT2D eigenvalue weighted by Crippen LogP contribution is 2.31. The van der Waals surface area contributed by atoms with Crippen LogP contribution in [0.15, 0.2) is 35.3 Å². The van der Waals surface area contributed by atoms with Crippen molar-refractivity contribution in [1.82, 2.24) is 25.0 Å². The molecule has 8 nitrogen and oxygen atoms in total. The Kier molecular flexibility index (Phi) is 6.46. The molecule has 3 aromatic heterocycles.